The summed E-state index contributed by atoms with van der Waals surface area (Å²) < 4.78 is 7.00. The molecule has 2 aromatic heterocycles. The van der Waals surface area contributed by atoms with Gasteiger partial charge in [0.05, 0.1) is 23.5 Å². The third-order valence-electron chi connectivity index (χ3n) is 4.05. The summed E-state index contributed by atoms with van der Waals surface area (Å²) in [5.41, 5.74) is 4.18. The molecular formula is C19H22N4O2. The third-order valence-corrected chi connectivity index (χ3v) is 4.05. The lowest BCUT2D eigenvalue weighted by atomic mass is 10.1. The lowest BCUT2D eigenvalue weighted by molar-refractivity contribution is 0.0527. The Balaban J connectivity index is 2.00. The first-order valence-electron chi connectivity index (χ1n) is 8.44. The molecular weight excluding hydrogens is 316 g/mol. The molecule has 25 heavy (non-hydrogen) atoms. The van der Waals surface area contributed by atoms with Gasteiger partial charge < -0.3 is 10.1 Å². The van der Waals surface area contributed by atoms with Crippen LogP contribution in [-0.4, -0.2) is 27.3 Å². The van der Waals surface area contributed by atoms with E-state index in [2.05, 4.69) is 22.3 Å². The molecule has 130 valence electrons. The zero-order chi connectivity index (χ0) is 17.8. The standard InChI is InChI=1S/C19H22N4O2/c1-4-16-13(12-23(3)22-16)10-21-18-14-8-6-7-9-17(14)20-11-15(18)19(24)25-5-2/h6-9,11-12H,4-5,10H2,1-3H3,(H,20,21). The molecule has 3 aromatic rings. The van der Waals surface area contributed by atoms with E-state index in [1.165, 1.54) is 0 Å². The number of hydrogen-bond acceptors (Lipinski definition) is 5. The quantitative estimate of drug-likeness (QED) is 0.698. The number of carbonyl (C=O) groups is 1. The molecule has 6 heteroatoms. The van der Waals surface area contributed by atoms with E-state index >= 15 is 0 Å². The largest absolute Gasteiger partial charge is 0.462 e. The van der Waals surface area contributed by atoms with E-state index in [1.54, 1.807) is 13.1 Å². The van der Waals surface area contributed by atoms with Crippen molar-refractivity contribution in [2.45, 2.75) is 26.8 Å². The van der Waals surface area contributed by atoms with Crippen molar-refractivity contribution < 1.29 is 9.53 Å². The molecule has 0 bridgehead atoms. The van der Waals surface area contributed by atoms with Gasteiger partial charge in [-0.15, -0.1) is 0 Å². The Morgan fingerprint density at radius 3 is 2.84 bits per heavy atom. The molecule has 6 nitrogen and oxygen atoms in total. The first-order valence-corrected chi connectivity index (χ1v) is 8.44. The molecule has 0 atom stereocenters. The van der Waals surface area contributed by atoms with Gasteiger partial charge in [0.1, 0.15) is 5.56 Å². The molecule has 0 amide bonds. The number of aromatic nitrogens is 3. The molecule has 0 aliphatic heterocycles. The molecule has 0 aliphatic rings. The first-order chi connectivity index (χ1) is 12.1. The maximum atomic E-state index is 12.3. The van der Waals surface area contributed by atoms with Crippen molar-refractivity contribution in [3.63, 3.8) is 0 Å². The average molecular weight is 338 g/mol. The van der Waals surface area contributed by atoms with Crippen LogP contribution in [0, 0.1) is 0 Å². The summed E-state index contributed by atoms with van der Waals surface area (Å²) in [7, 11) is 1.91. The number of para-hydroxylation sites is 1. The number of anilines is 1. The van der Waals surface area contributed by atoms with Crippen molar-refractivity contribution in [1.82, 2.24) is 14.8 Å². The molecule has 1 N–H and O–H groups in total. The van der Waals surface area contributed by atoms with Crippen LogP contribution in [0.3, 0.4) is 0 Å². The molecule has 0 radical (unpaired) electrons. The van der Waals surface area contributed by atoms with Gasteiger partial charge >= 0.3 is 5.97 Å². The number of benzene rings is 1. The normalized spacial score (nSPS) is 10.8. The Kier molecular flexibility index (Phi) is 4.97. The van der Waals surface area contributed by atoms with Gasteiger partial charge in [0.15, 0.2) is 0 Å². The SMILES string of the molecule is CCOC(=O)c1cnc2ccccc2c1NCc1cn(C)nc1CC. The molecule has 0 saturated heterocycles. The summed E-state index contributed by atoms with van der Waals surface area (Å²) in [5, 5.41) is 8.77. The second-order valence-corrected chi connectivity index (χ2v) is 5.77. The number of pyridine rings is 1. The summed E-state index contributed by atoms with van der Waals surface area (Å²) in [5.74, 6) is -0.370. The second-order valence-electron chi connectivity index (χ2n) is 5.77. The first kappa shape index (κ1) is 17.0. The molecule has 0 unspecified atom stereocenters. The van der Waals surface area contributed by atoms with Crippen molar-refractivity contribution in [1.29, 1.82) is 0 Å². The maximum Gasteiger partial charge on any atom is 0.341 e. The number of esters is 1. The van der Waals surface area contributed by atoms with Crippen molar-refractivity contribution in [2.24, 2.45) is 7.05 Å². The number of fused-ring (bicyclic) bond motifs is 1. The molecule has 0 aliphatic carbocycles. The zero-order valence-corrected chi connectivity index (χ0v) is 14.7. The third kappa shape index (κ3) is 3.47. The Labute approximate surface area is 146 Å². The fourth-order valence-electron chi connectivity index (χ4n) is 2.91. The molecule has 3 rings (SSSR count). The number of nitrogens with zero attached hydrogens (tertiary/aromatic N) is 3. The van der Waals surface area contributed by atoms with Crippen molar-refractivity contribution in [3.8, 4) is 0 Å². The summed E-state index contributed by atoms with van der Waals surface area (Å²) in [6.45, 7) is 4.78. The minimum atomic E-state index is -0.370. The highest BCUT2D eigenvalue weighted by molar-refractivity contribution is 6.04. The lowest BCUT2D eigenvalue weighted by Gasteiger charge is -2.14. The van der Waals surface area contributed by atoms with Gasteiger partial charge in [-0.2, -0.15) is 5.10 Å². The van der Waals surface area contributed by atoms with Crippen LogP contribution in [0.25, 0.3) is 10.9 Å². The summed E-state index contributed by atoms with van der Waals surface area (Å²) in [6, 6.07) is 7.75. The number of nitrogens with one attached hydrogen (secondary N) is 1. The van der Waals surface area contributed by atoms with E-state index in [4.69, 9.17) is 4.74 Å². The van der Waals surface area contributed by atoms with Gasteiger partial charge in [0, 0.05) is 36.9 Å². The predicted molar refractivity (Wildman–Crippen MR) is 97.6 cm³/mol. The average Bonchev–Trinajstić information content (AvgIpc) is 2.99. The van der Waals surface area contributed by atoms with E-state index in [0.29, 0.717) is 18.7 Å². The Hall–Kier alpha value is -2.89. The number of rotatable bonds is 6. The molecule has 0 spiro atoms. The van der Waals surface area contributed by atoms with Crippen LogP contribution < -0.4 is 5.32 Å². The van der Waals surface area contributed by atoms with Crippen LogP contribution in [0.4, 0.5) is 5.69 Å². The van der Waals surface area contributed by atoms with E-state index in [-0.39, 0.29) is 5.97 Å². The Bertz CT molecular complexity index is 902. The highest BCUT2D eigenvalue weighted by Gasteiger charge is 2.17. The van der Waals surface area contributed by atoms with Crippen LogP contribution in [-0.2, 0) is 24.8 Å². The van der Waals surface area contributed by atoms with Crippen molar-refractivity contribution in [2.75, 3.05) is 11.9 Å². The van der Waals surface area contributed by atoms with Crippen molar-refractivity contribution in [3.05, 3.63) is 53.5 Å². The number of ether oxygens (including phenoxy) is 1. The van der Waals surface area contributed by atoms with Crippen molar-refractivity contribution >= 4 is 22.6 Å². The van der Waals surface area contributed by atoms with Crippen LogP contribution in [0.5, 0.6) is 0 Å². The van der Waals surface area contributed by atoms with Gasteiger partial charge in [-0.25, -0.2) is 4.79 Å². The topological polar surface area (TPSA) is 69.0 Å². The summed E-state index contributed by atoms with van der Waals surface area (Å²) >= 11 is 0. The highest BCUT2D eigenvalue weighted by atomic mass is 16.5. The van der Waals surface area contributed by atoms with E-state index in [9.17, 15) is 4.79 Å². The molecule has 1 aromatic carbocycles. The van der Waals surface area contributed by atoms with Crippen LogP contribution in [0.15, 0.2) is 36.7 Å². The number of hydrogen-bond donors (Lipinski definition) is 1. The fraction of sp³-hybridized carbons (Fsp3) is 0.316. The van der Waals surface area contributed by atoms with Gasteiger partial charge in [-0.05, 0) is 19.4 Å². The monoisotopic (exact) mass is 338 g/mol. The minimum absolute atomic E-state index is 0.327. The van der Waals surface area contributed by atoms with Gasteiger partial charge in [0.2, 0.25) is 0 Å². The van der Waals surface area contributed by atoms with Gasteiger partial charge in [-0.1, -0.05) is 25.1 Å². The Morgan fingerprint density at radius 1 is 1.28 bits per heavy atom. The molecule has 0 saturated carbocycles. The highest BCUT2D eigenvalue weighted by Crippen LogP contribution is 2.27. The van der Waals surface area contributed by atoms with Gasteiger partial charge in [0.25, 0.3) is 0 Å². The fourth-order valence-corrected chi connectivity index (χ4v) is 2.91. The van der Waals surface area contributed by atoms with E-state index in [1.807, 2.05) is 42.2 Å². The zero-order valence-electron chi connectivity index (χ0n) is 14.7. The van der Waals surface area contributed by atoms with Crippen LogP contribution in [0.1, 0.15) is 35.5 Å². The van der Waals surface area contributed by atoms with Crippen LogP contribution >= 0.6 is 0 Å². The second kappa shape index (κ2) is 7.34. The van der Waals surface area contributed by atoms with Gasteiger partial charge in [-0.3, -0.25) is 9.67 Å². The maximum absolute atomic E-state index is 12.3. The lowest BCUT2D eigenvalue weighted by Crippen LogP contribution is -2.11. The Morgan fingerprint density at radius 2 is 2.08 bits per heavy atom. The summed E-state index contributed by atoms with van der Waals surface area (Å²) in [4.78, 5) is 16.7. The summed E-state index contributed by atoms with van der Waals surface area (Å²) in [6.07, 6.45) is 4.44. The van der Waals surface area contributed by atoms with Crippen LogP contribution in [0.2, 0.25) is 0 Å². The number of aryl methyl sites for hydroxylation is 2. The minimum Gasteiger partial charge on any atom is -0.462 e. The molecule has 2 heterocycles. The van der Waals surface area contributed by atoms with E-state index in [0.717, 1.165) is 34.3 Å². The predicted octanol–water partition coefficient (Wildman–Crippen LogP) is 3.32. The number of carbonyl (C=O) groups excluding carboxylic acids is 1. The van der Waals surface area contributed by atoms with E-state index < -0.39 is 0 Å². The molecule has 0 fully saturated rings. The smallest absolute Gasteiger partial charge is 0.341 e.